The monoisotopic (exact) mass is 423 g/mol. The summed E-state index contributed by atoms with van der Waals surface area (Å²) in [5.74, 6) is 0. The lowest BCUT2D eigenvalue weighted by atomic mass is 10.2. The molecule has 1 rings (SSSR count). The maximum absolute atomic E-state index is 2.20. The Morgan fingerprint density at radius 3 is 1.56 bits per heavy atom. The zero-order chi connectivity index (χ0) is 8.32. The molecule has 3 nitrogen and oxygen atoms in total. The predicted molar refractivity (Wildman–Crippen MR) is 78.9 cm³/mol. The van der Waals surface area contributed by atoms with Gasteiger partial charge in [-0.1, -0.05) is 30.3 Å². The Morgan fingerprint density at radius 1 is 0.875 bits per heavy atom. The first-order valence-electron chi connectivity index (χ1n) is 3.92. The fraction of sp³-hybridized carbons (Fsp3) is 0.400. The second-order valence-electron chi connectivity index (χ2n) is 3.93. The molecule has 0 amide bonds. The molecule has 6 N–H and O–H groups in total. The van der Waals surface area contributed by atoms with E-state index in [1.807, 2.05) is 0 Å². The molecule has 0 aliphatic carbocycles. The molecule has 0 bridgehead atoms. The highest BCUT2D eigenvalue weighted by molar-refractivity contribution is 8.93. The molecule has 100 valence electrons. The van der Waals surface area contributed by atoms with Gasteiger partial charge in [0.1, 0.15) is 6.54 Å². The second kappa shape index (κ2) is 13.6. The SMILES string of the molecule is Br.Br.C[N+](C)(C)Cc1ccccc1.N.N.[Br-]. The normalized spacial score (nSPS) is 7.94. The third kappa shape index (κ3) is 14.5. The quantitative estimate of drug-likeness (QED) is 0.672. The Bertz CT molecular complexity index is 225. The van der Waals surface area contributed by atoms with Crippen molar-refractivity contribution in [2.24, 2.45) is 0 Å². The largest absolute Gasteiger partial charge is 1.00 e. The van der Waals surface area contributed by atoms with Gasteiger partial charge in [-0.2, -0.15) is 0 Å². The van der Waals surface area contributed by atoms with Crippen molar-refractivity contribution in [1.29, 1.82) is 0 Å². The van der Waals surface area contributed by atoms with Crippen LogP contribution in [0.3, 0.4) is 0 Å². The van der Waals surface area contributed by atoms with Crippen LogP contribution in [0.15, 0.2) is 30.3 Å². The molecule has 0 spiro atoms. The summed E-state index contributed by atoms with van der Waals surface area (Å²) in [6.07, 6.45) is 0. The number of rotatable bonds is 2. The molecule has 0 saturated heterocycles. The summed E-state index contributed by atoms with van der Waals surface area (Å²) in [4.78, 5) is 0. The van der Waals surface area contributed by atoms with Crippen LogP contribution in [0.1, 0.15) is 5.56 Å². The van der Waals surface area contributed by atoms with E-state index in [1.54, 1.807) is 0 Å². The smallest absolute Gasteiger partial charge is 0.104 e. The van der Waals surface area contributed by atoms with Gasteiger partial charge in [0.05, 0.1) is 21.1 Å². The van der Waals surface area contributed by atoms with Crippen molar-refractivity contribution in [3.8, 4) is 0 Å². The van der Waals surface area contributed by atoms with Gasteiger partial charge in [-0.25, -0.2) is 0 Å². The van der Waals surface area contributed by atoms with Crippen LogP contribution in [0.4, 0.5) is 0 Å². The average Bonchev–Trinajstić information content (AvgIpc) is 1.85. The van der Waals surface area contributed by atoms with Crippen molar-refractivity contribution in [3.05, 3.63) is 35.9 Å². The second-order valence-corrected chi connectivity index (χ2v) is 3.93. The molecule has 0 aromatic heterocycles. The maximum Gasteiger partial charge on any atom is 0.104 e. The zero-order valence-corrected chi connectivity index (χ0v) is 15.2. The summed E-state index contributed by atoms with van der Waals surface area (Å²) in [5.41, 5.74) is 1.40. The van der Waals surface area contributed by atoms with Crippen molar-refractivity contribution in [2.45, 2.75) is 6.54 Å². The van der Waals surface area contributed by atoms with Crippen LogP contribution >= 0.6 is 34.0 Å². The van der Waals surface area contributed by atoms with Crippen LogP contribution < -0.4 is 29.3 Å². The van der Waals surface area contributed by atoms with Crippen molar-refractivity contribution in [1.82, 2.24) is 12.3 Å². The van der Waals surface area contributed by atoms with Gasteiger partial charge in [0.2, 0.25) is 0 Å². The Kier molecular flexibility index (Phi) is 25.5. The van der Waals surface area contributed by atoms with E-state index in [-0.39, 0.29) is 63.2 Å². The Hall–Kier alpha value is 0.540. The van der Waals surface area contributed by atoms with Gasteiger partial charge < -0.3 is 33.8 Å². The fourth-order valence-electron chi connectivity index (χ4n) is 1.13. The topological polar surface area (TPSA) is 70.0 Å². The van der Waals surface area contributed by atoms with E-state index in [4.69, 9.17) is 0 Å². The third-order valence-electron chi connectivity index (χ3n) is 1.50. The zero-order valence-electron chi connectivity index (χ0n) is 10.1. The van der Waals surface area contributed by atoms with E-state index in [0.717, 1.165) is 11.0 Å². The summed E-state index contributed by atoms with van der Waals surface area (Å²) in [7, 11) is 6.60. The van der Waals surface area contributed by atoms with Gasteiger partial charge in [0.15, 0.2) is 0 Å². The number of hydrogen-bond donors (Lipinski definition) is 2. The highest BCUT2D eigenvalue weighted by Gasteiger charge is 2.06. The van der Waals surface area contributed by atoms with Crippen molar-refractivity contribution < 1.29 is 21.5 Å². The van der Waals surface area contributed by atoms with E-state index >= 15 is 0 Å². The van der Waals surface area contributed by atoms with E-state index in [9.17, 15) is 0 Å². The first-order valence-corrected chi connectivity index (χ1v) is 3.92. The number of quaternary nitrogens is 1. The van der Waals surface area contributed by atoms with Gasteiger partial charge in [-0.3, -0.25) is 0 Å². The Labute approximate surface area is 131 Å². The lowest BCUT2D eigenvalue weighted by Crippen LogP contribution is -3.00. The van der Waals surface area contributed by atoms with Crippen LogP contribution in [0, 0.1) is 0 Å². The minimum Gasteiger partial charge on any atom is -1.00 e. The molecule has 0 aliphatic heterocycles. The molecular weight excluding hydrogens is 402 g/mol. The van der Waals surface area contributed by atoms with Gasteiger partial charge in [0, 0.05) is 5.56 Å². The van der Waals surface area contributed by atoms with Gasteiger partial charge in [0.25, 0.3) is 0 Å². The molecule has 16 heavy (non-hydrogen) atoms. The molecule has 0 aliphatic rings. The molecular formula is C10H24Br3N3. The van der Waals surface area contributed by atoms with Crippen molar-refractivity contribution in [2.75, 3.05) is 21.1 Å². The first kappa shape index (κ1) is 30.0. The summed E-state index contributed by atoms with van der Waals surface area (Å²) in [6.45, 7) is 1.10. The lowest BCUT2D eigenvalue weighted by Gasteiger charge is -2.23. The van der Waals surface area contributed by atoms with Crippen molar-refractivity contribution >= 4 is 34.0 Å². The molecule has 1 aromatic carbocycles. The molecule has 0 radical (unpaired) electrons. The average molecular weight is 426 g/mol. The minimum absolute atomic E-state index is 0. The Morgan fingerprint density at radius 2 is 1.25 bits per heavy atom. The summed E-state index contributed by atoms with van der Waals surface area (Å²) in [6, 6.07) is 10.6. The summed E-state index contributed by atoms with van der Waals surface area (Å²) in [5, 5.41) is 0. The predicted octanol–water partition coefficient (Wildman–Crippen LogP) is 0.377. The van der Waals surface area contributed by atoms with E-state index < -0.39 is 0 Å². The highest BCUT2D eigenvalue weighted by atomic mass is 79.9. The van der Waals surface area contributed by atoms with Gasteiger partial charge in [-0.15, -0.1) is 34.0 Å². The third-order valence-corrected chi connectivity index (χ3v) is 1.50. The van der Waals surface area contributed by atoms with Crippen molar-refractivity contribution in [3.63, 3.8) is 0 Å². The molecule has 0 fully saturated rings. The highest BCUT2D eigenvalue weighted by Crippen LogP contribution is 2.04. The summed E-state index contributed by atoms with van der Waals surface area (Å²) >= 11 is 0. The van der Waals surface area contributed by atoms with E-state index in [2.05, 4.69) is 51.5 Å². The number of benzene rings is 1. The molecule has 6 heteroatoms. The molecule has 0 heterocycles. The molecule has 0 saturated carbocycles. The van der Waals surface area contributed by atoms with Gasteiger partial charge >= 0.3 is 0 Å². The Balaban J connectivity index is -0.0000000807. The molecule has 0 atom stereocenters. The maximum atomic E-state index is 2.20. The van der Waals surface area contributed by atoms with Gasteiger partial charge in [-0.05, 0) is 0 Å². The van der Waals surface area contributed by atoms with Crippen LogP contribution in [-0.2, 0) is 6.54 Å². The minimum atomic E-state index is 0. The number of nitrogens with zero attached hydrogens (tertiary/aromatic N) is 1. The van der Waals surface area contributed by atoms with E-state index in [0.29, 0.717) is 0 Å². The first-order chi connectivity index (χ1) is 5.08. The number of hydrogen-bond acceptors (Lipinski definition) is 2. The molecule has 0 unspecified atom stereocenters. The van der Waals surface area contributed by atoms with Crippen LogP contribution in [0.2, 0.25) is 0 Å². The lowest BCUT2D eigenvalue weighted by molar-refractivity contribution is -0.884. The van der Waals surface area contributed by atoms with Crippen LogP contribution in [-0.4, -0.2) is 25.6 Å². The number of halogens is 3. The molecule has 1 aromatic rings. The standard InChI is InChI=1S/C10H16N.3BrH.2H3N/c1-11(2,3)9-10-7-5-4-6-8-10;;;;;/h4-8H,9H2,1-3H3;3*1H;2*1H3/q+1;;;;;/p-1. The summed E-state index contributed by atoms with van der Waals surface area (Å²) < 4.78 is 0.990. The van der Waals surface area contributed by atoms with Crippen LogP contribution in [0.25, 0.3) is 0 Å². The fourth-order valence-corrected chi connectivity index (χ4v) is 1.13. The van der Waals surface area contributed by atoms with Crippen LogP contribution in [0.5, 0.6) is 0 Å². The van der Waals surface area contributed by atoms with E-state index in [1.165, 1.54) is 5.56 Å².